The van der Waals surface area contributed by atoms with Gasteiger partial charge in [-0.1, -0.05) is 36.4 Å². The number of carbonyl (C=O) groups is 2. The topological polar surface area (TPSA) is 77.3 Å². The molecule has 0 saturated heterocycles. The number of benzene rings is 2. The lowest BCUT2D eigenvalue weighted by Gasteiger charge is -2.14. The van der Waals surface area contributed by atoms with Crippen molar-refractivity contribution in [3.05, 3.63) is 81.4 Å². The summed E-state index contributed by atoms with van der Waals surface area (Å²) in [5.74, 6) is -0.572. The molecule has 102 valence electrons. The van der Waals surface area contributed by atoms with E-state index in [1.165, 1.54) is 24.3 Å². The van der Waals surface area contributed by atoms with Crippen LogP contribution in [0.3, 0.4) is 0 Å². The average molecular weight is 279 g/mol. The summed E-state index contributed by atoms with van der Waals surface area (Å²) in [7, 11) is 0. The Morgan fingerprint density at radius 1 is 0.905 bits per heavy atom. The highest BCUT2D eigenvalue weighted by Crippen LogP contribution is 2.29. The third-order valence-corrected chi connectivity index (χ3v) is 3.33. The number of fused-ring (bicyclic) bond motifs is 1. The van der Waals surface area contributed by atoms with E-state index >= 15 is 0 Å². The van der Waals surface area contributed by atoms with E-state index in [-0.39, 0.29) is 22.8 Å². The molecule has 0 unspecified atom stereocenters. The first kappa shape index (κ1) is 12.9. The van der Waals surface area contributed by atoms with Crippen LogP contribution in [-0.4, -0.2) is 16.5 Å². The fourth-order valence-corrected chi connectivity index (χ4v) is 2.32. The first-order valence-corrected chi connectivity index (χ1v) is 6.22. The van der Waals surface area contributed by atoms with Gasteiger partial charge < -0.3 is 0 Å². The Hall–Kier alpha value is -3.08. The molecular weight excluding hydrogens is 270 g/mol. The maximum atomic E-state index is 12.5. The van der Waals surface area contributed by atoms with E-state index in [1.807, 2.05) is 0 Å². The Morgan fingerprint density at radius 2 is 1.62 bits per heavy atom. The molecule has 0 spiro atoms. The number of nitro benzene ring substituents is 1. The van der Waals surface area contributed by atoms with Gasteiger partial charge in [-0.05, 0) is 11.6 Å². The van der Waals surface area contributed by atoms with E-state index in [0.717, 1.165) is 0 Å². The third kappa shape index (κ3) is 2.14. The molecule has 0 aliphatic heterocycles. The first-order valence-electron chi connectivity index (χ1n) is 6.22. The Kier molecular flexibility index (Phi) is 2.95. The summed E-state index contributed by atoms with van der Waals surface area (Å²) in [6.07, 6.45) is 1.24. The van der Waals surface area contributed by atoms with Crippen LogP contribution in [-0.2, 0) is 0 Å². The number of allylic oxidation sites excluding steroid dienone is 2. The maximum absolute atomic E-state index is 12.5. The zero-order chi connectivity index (χ0) is 15.0. The number of carbonyl (C=O) groups excluding carboxylic acids is 2. The lowest BCUT2D eigenvalue weighted by Crippen LogP contribution is -2.16. The van der Waals surface area contributed by atoms with E-state index in [4.69, 9.17) is 0 Å². The Morgan fingerprint density at radius 3 is 2.33 bits per heavy atom. The number of ketones is 2. The third-order valence-electron chi connectivity index (χ3n) is 3.33. The highest BCUT2D eigenvalue weighted by atomic mass is 16.6. The Bertz CT molecular complexity index is 821. The minimum Gasteiger partial charge on any atom is -0.289 e. The molecule has 5 heteroatoms. The Balaban J connectivity index is 2.13. The van der Waals surface area contributed by atoms with Gasteiger partial charge in [-0.2, -0.15) is 0 Å². The normalized spacial score (nSPS) is 13.6. The number of hydrogen-bond acceptors (Lipinski definition) is 4. The number of Topliss-reactive ketones (excluding diaryl/α,β-unsaturated/α-hetero) is 1. The zero-order valence-corrected chi connectivity index (χ0v) is 10.8. The molecule has 0 aromatic heterocycles. The molecule has 2 aromatic rings. The summed E-state index contributed by atoms with van der Waals surface area (Å²) in [4.78, 5) is 34.8. The standard InChI is InChI=1S/C16H9NO4/c18-15-9-14(10-4-3-5-11(8-10)17(20)21)16(19)13-7-2-1-6-12(13)15/h1-9H. The number of non-ortho nitro benzene ring substituents is 1. The summed E-state index contributed by atoms with van der Waals surface area (Å²) in [5, 5.41) is 10.8. The molecule has 0 amide bonds. The van der Waals surface area contributed by atoms with Crippen LogP contribution in [0, 0.1) is 10.1 Å². The summed E-state index contributed by atoms with van der Waals surface area (Å²) in [5.41, 5.74) is 1.12. The van der Waals surface area contributed by atoms with Crippen molar-refractivity contribution in [2.75, 3.05) is 0 Å². The molecular formula is C16H9NO4. The van der Waals surface area contributed by atoms with E-state index < -0.39 is 4.92 Å². The Labute approximate surface area is 119 Å². The molecule has 0 heterocycles. The van der Waals surface area contributed by atoms with Crippen LogP contribution in [0.1, 0.15) is 26.3 Å². The lowest BCUT2D eigenvalue weighted by atomic mass is 9.86. The second-order valence-corrected chi connectivity index (χ2v) is 4.60. The van der Waals surface area contributed by atoms with Crippen molar-refractivity contribution < 1.29 is 14.5 Å². The van der Waals surface area contributed by atoms with Gasteiger partial charge in [-0.3, -0.25) is 19.7 Å². The lowest BCUT2D eigenvalue weighted by molar-refractivity contribution is -0.384. The summed E-state index contributed by atoms with van der Waals surface area (Å²) >= 11 is 0. The SMILES string of the molecule is O=C1C=C(c2cccc([N+](=O)[O-])c2)C(=O)c2ccccc21. The monoisotopic (exact) mass is 279 g/mol. The fraction of sp³-hybridized carbons (Fsp3) is 0. The number of rotatable bonds is 2. The highest BCUT2D eigenvalue weighted by Gasteiger charge is 2.26. The number of hydrogen-bond donors (Lipinski definition) is 0. The first-order chi connectivity index (χ1) is 10.1. The number of nitro groups is 1. The van der Waals surface area contributed by atoms with Gasteiger partial charge in [0.25, 0.3) is 5.69 Å². The van der Waals surface area contributed by atoms with Gasteiger partial charge in [0.1, 0.15) is 0 Å². The van der Waals surface area contributed by atoms with E-state index in [0.29, 0.717) is 16.7 Å². The van der Waals surface area contributed by atoms with Crippen LogP contribution in [0.15, 0.2) is 54.6 Å². The zero-order valence-electron chi connectivity index (χ0n) is 10.8. The molecule has 21 heavy (non-hydrogen) atoms. The van der Waals surface area contributed by atoms with Gasteiger partial charge in [-0.15, -0.1) is 0 Å². The molecule has 0 bridgehead atoms. The maximum Gasteiger partial charge on any atom is 0.270 e. The molecule has 5 nitrogen and oxygen atoms in total. The molecule has 0 fully saturated rings. The molecule has 0 N–H and O–H groups in total. The summed E-state index contributed by atoms with van der Waals surface area (Å²) < 4.78 is 0. The van der Waals surface area contributed by atoms with Crippen LogP contribution in [0.5, 0.6) is 0 Å². The van der Waals surface area contributed by atoms with Crippen LogP contribution in [0.25, 0.3) is 5.57 Å². The van der Waals surface area contributed by atoms with Crippen molar-refractivity contribution in [2.24, 2.45) is 0 Å². The van der Waals surface area contributed by atoms with E-state index in [9.17, 15) is 19.7 Å². The smallest absolute Gasteiger partial charge is 0.270 e. The van der Waals surface area contributed by atoms with Crippen molar-refractivity contribution in [3.8, 4) is 0 Å². The van der Waals surface area contributed by atoms with Crippen LogP contribution in [0.2, 0.25) is 0 Å². The van der Waals surface area contributed by atoms with Gasteiger partial charge in [0, 0.05) is 28.8 Å². The van der Waals surface area contributed by atoms with Crippen molar-refractivity contribution in [3.63, 3.8) is 0 Å². The molecule has 0 radical (unpaired) electrons. The van der Waals surface area contributed by atoms with E-state index in [2.05, 4.69) is 0 Å². The van der Waals surface area contributed by atoms with Crippen LogP contribution >= 0.6 is 0 Å². The van der Waals surface area contributed by atoms with Gasteiger partial charge in [0.15, 0.2) is 11.6 Å². The summed E-state index contributed by atoms with van der Waals surface area (Å²) in [6.45, 7) is 0. The molecule has 3 rings (SSSR count). The van der Waals surface area contributed by atoms with Crippen molar-refractivity contribution in [1.29, 1.82) is 0 Å². The van der Waals surface area contributed by atoms with Gasteiger partial charge in [-0.25, -0.2) is 0 Å². The average Bonchev–Trinajstić information content (AvgIpc) is 2.51. The van der Waals surface area contributed by atoms with Gasteiger partial charge >= 0.3 is 0 Å². The quantitative estimate of drug-likeness (QED) is 0.625. The molecule has 1 aliphatic rings. The second kappa shape index (κ2) is 4.79. The summed E-state index contributed by atoms with van der Waals surface area (Å²) in [6, 6.07) is 12.3. The van der Waals surface area contributed by atoms with Gasteiger partial charge in [0.2, 0.25) is 0 Å². The molecule has 0 saturated carbocycles. The molecule has 2 aromatic carbocycles. The predicted octanol–water partition coefficient (Wildman–Crippen LogP) is 3.06. The van der Waals surface area contributed by atoms with Crippen LogP contribution in [0.4, 0.5) is 5.69 Å². The van der Waals surface area contributed by atoms with Crippen molar-refractivity contribution in [2.45, 2.75) is 0 Å². The predicted molar refractivity (Wildman–Crippen MR) is 76.2 cm³/mol. The number of nitrogens with zero attached hydrogens (tertiary/aromatic N) is 1. The van der Waals surface area contributed by atoms with Crippen molar-refractivity contribution >= 4 is 22.8 Å². The van der Waals surface area contributed by atoms with Crippen molar-refractivity contribution in [1.82, 2.24) is 0 Å². The molecule has 1 aliphatic carbocycles. The highest BCUT2D eigenvalue weighted by molar-refractivity contribution is 6.38. The van der Waals surface area contributed by atoms with Gasteiger partial charge in [0.05, 0.1) is 4.92 Å². The largest absolute Gasteiger partial charge is 0.289 e. The minimum atomic E-state index is -0.535. The van der Waals surface area contributed by atoms with Crippen LogP contribution < -0.4 is 0 Å². The second-order valence-electron chi connectivity index (χ2n) is 4.60. The molecule has 0 atom stereocenters. The fourth-order valence-electron chi connectivity index (χ4n) is 2.32. The van der Waals surface area contributed by atoms with E-state index in [1.54, 1.807) is 30.3 Å². The minimum absolute atomic E-state index is 0.118.